The largest absolute Gasteiger partial charge is 0.336 e. The van der Waals surface area contributed by atoms with Gasteiger partial charge >= 0.3 is 0 Å². The number of hydrogen-bond donors (Lipinski definition) is 1. The Morgan fingerprint density at radius 2 is 1.79 bits per heavy atom. The third kappa shape index (κ3) is 4.65. The highest BCUT2D eigenvalue weighted by atomic mass is 16.2. The van der Waals surface area contributed by atoms with E-state index < -0.39 is 5.92 Å². The van der Waals surface area contributed by atoms with Crippen molar-refractivity contribution < 1.29 is 14.4 Å². The Labute approximate surface area is 171 Å². The maximum absolute atomic E-state index is 12.8. The van der Waals surface area contributed by atoms with Gasteiger partial charge in [-0.05, 0) is 50.1 Å². The van der Waals surface area contributed by atoms with E-state index in [1.165, 1.54) is 4.90 Å². The van der Waals surface area contributed by atoms with Crippen molar-refractivity contribution in [2.45, 2.75) is 27.2 Å². The number of nitrogens with one attached hydrogen (secondary N) is 1. The van der Waals surface area contributed by atoms with Gasteiger partial charge in [-0.15, -0.1) is 0 Å². The number of anilines is 2. The van der Waals surface area contributed by atoms with E-state index in [2.05, 4.69) is 5.32 Å². The Bertz CT molecular complexity index is 937. The van der Waals surface area contributed by atoms with E-state index in [9.17, 15) is 14.4 Å². The molecule has 2 aromatic carbocycles. The third-order valence-electron chi connectivity index (χ3n) is 5.43. The van der Waals surface area contributed by atoms with Crippen LogP contribution >= 0.6 is 0 Å². The average molecular weight is 393 g/mol. The first-order valence-corrected chi connectivity index (χ1v) is 9.74. The molecule has 1 aliphatic rings. The molecule has 0 radical (unpaired) electrons. The van der Waals surface area contributed by atoms with Crippen molar-refractivity contribution in [2.75, 3.05) is 30.4 Å². The van der Waals surface area contributed by atoms with E-state index in [0.717, 1.165) is 22.4 Å². The summed E-state index contributed by atoms with van der Waals surface area (Å²) in [7, 11) is 1.60. The van der Waals surface area contributed by atoms with Crippen molar-refractivity contribution in [1.82, 2.24) is 4.90 Å². The maximum atomic E-state index is 12.8. The Hall–Kier alpha value is -3.15. The monoisotopic (exact) mass is 393 g/mol. The number of hydrogen-bond acceptors (Lipinski definition) is 3. The number of rotatable bonds is 5. The second kappa shape index (κ2) is 8.47. The molecule has 0 aromatic heterocycles. The number of aryl methyl sites for hydroxylation is 2. The van der Waals surface area contributed by atoms with Gasteiger partial charge in [-0.3, -0.25) is 14.4 Å². The molecule has 152 valence electrons. The minimum atomic E-state index is -0.445. The summed E-state index contributed by atoms with van der Waals surface area (Å²) in [6, 6.07) is 13.3. The molecule has 1 fully saturated rings. The summed E-state index contributed by atoms with van der Waals surface area (Å²) in [5.41, 5.74) is 4.80. The van der Waals surface area contributed by atoms with Crippen LogP contribution in [0.15, 0.2) is 42.5 Å². The van der Waals surface area contributed by atoms with Crippen LogP contribution in [-0.2, 0) is 14.4 Å². The Morgan fingerprint density at radius 1 is 1.10 bits per heavy atom. The summed E-state index contributed by atoms with van der Waals surface area (Å²) in [5.74, 6) is -0.959. The number of amides is 3. The molecule has 29 heavy (non-hydrogen) atoms. The van der Waals surface area contributed by atoms with Crippen molar-refractivity contribution >= 4 is 29.1 Å². The summed E-state index contributed by atoms with van der Waals surface area (Å²) < 4.78 is 0. The zero-order valence-electron chi connectivity index (χ0n) is 17.4. The molecule has 6 heteroatoms. The van der Waals surface area contributed by atoms with Gasteiger partial charge in [-0.1, -0.05) is 29.8 Å². The highest BCUT2D eigenvalue weighted by Gasteiger charge is 2.37. The van der Waals surface area contributed by atoms with Gasteiger partial charge in [0.1, 0.15) is 0 Å². The molecule has 2 aromatic rings. The average Bonchev–Trinajstić information content (AvgIpc) is 3.06. The Kier molecular flexibility index (Phi) is 6.01. The van der Waals surface area contributed by atoms with Gasteiger partial charge in [0.25, 0.3) is 0 Å². The van der Waals surface area contributed by atoms with Gasteiger partial charge in [0, 0.05) is 31.4 Å². The molecule has 1 N–H and O–H groups in total. The van der Waals surface area contributed by atoms with Crippen LogP contribution in [-0.4, -0.2) is 42.8 Å². The van der Waals surface area contributed by atoms with Gasteiger partial charge in [-0.25, -0.2) is 0 Å². The van der Waals surface area contributed by atoms with Crippen LogP contribution in [0.5, 0.6) is 0 Å². The van der Waals surface area contributed by atoms with Crippen molar-refractivity contribution in [3.8, 4) is 0 Å². The Morgan fingerprint density at radius 3 is 2.48 bits per heavy atom. The van der Waals surface area contributed by atoms with Crippen molar-refractivity contribution in [2.24, 2.45) is 5.92 Å². The number of carbonyl (C=O) groups excluding carboxylic acids is 3. The van der Waals surface area contributed by atoms with Crippen LogP contribution in [0.3, 0.4) is 0 Å². The van der Waals surface area contributed by atoms with E-state index in [1.54, 1.807) is 11.9 Å². The van der Waals surface area contributed by atoms with E-state index in [0.29, 0.717) is 12.2 Å². The van der Waals surface area contributed by atoms with Crippen LogP contribution in [0.4, 0.5) is 11.4 Å². The molecule has 3 amide bonds. The van der Waals surface area contributed by atoms with Gasteiger partial charge in [0.2, 0.25) is 17.7 Å². The Balaban J connectivity index is 1.61. The van der Waals surface area contributed by atoms with Crippen LogP contribution in [0.2, 0.25) is 0 Å². The highest BCUT2D eigenvalue weighted by Crippen LogP contribution is 2.30. The number of likely N-dealkylation sites (N-methyl/N-ethyl adjacent to an activating group) is 1. The normalized spacial score (nSPS) is 16.1. The molecular formula is C23H27N3O3. The first-order valence-electron chi connectivity index (χ1n) is 9.74. The van der Waals surface area contributed by atoms with Crippen LogP contribution in [0.1, 0.15) is 23.1 Å². The highest BCUT2D eigenvalue weighted by molar-refractivity contribution is 6.02. The van der Waals surface area contributed by atoms with E-state index in [-0.39, 0.29) is 30.7 Å². The summed E-state index contributed by atoms with van der Waals surface area (Å²) in [5, 5.41) is 2.79. The molecule has 0 saturated carbocycles. The quantitative estimate of drug-likeness (QED) is 0.849. The predicted octanol–water partition coefficient (Wildman–Crippen LogP) is 3.06. The standard InChI is InChI=1S/C23H27N3O3/c1-15-8-10-19(11-9-15)24-21(27)14-25(4)23(29)18-12-22(28)26(13-18)20-7-5-6-16(2)17(20)3/h5-11,18H,12-14H2,1-4H3,(H,24,27). The fourth-order valence-corrected chi connectivity index (χ4v) is 3.58. The molecule has 1 heterocycles. The lowest BCUT2D eigenvalue weighted by atomic mass is 10.1. The van der Waals surface area contributed by atoms with Gasteiger partial charge in [0.15, 0.2) is 0 Å². The van der Waals surface area contributed by atoms with Gasteiger partial charge < -0.3 is 15.1 Å². The van der Waals surface area contributed by atoms with Crippen LogP contribution in [0.25, 0.3) is 0 Å². The molecular weight excluding hydrogens is 366 g/mol. The molecule has 1 saturated heterocycles. The van der Waals surface area contributed by atoms with Gasteiger partial charge in [0.05, 0.1) is 12.5 Å². The predicted molar refractivity (Wildman–Crippen MR) is 114 cm³/mol. The lowest BCUT2D eigenvalue weighted by molar-refractivity contribution is -0.137. The van der Waals surface area contributed by atoms with E-state index in [4.69, 9.17) is 0 Å². The summed E-state index contributed by atoms with van der Waals surface area (Å²) in [6.07, 6.45) is 0.163. The zero-order chi connectivity index (χ0) is 21.1. The number of carbonyl (C=O) groups is 3. The molecule has 3 rings (SSSR count). The van der Waals surface area contributed by atoms with Gasteiger partial charge in [-0.2, -0.15) is 0 Å². The fraction of sp³-hybridized carbons (Fsp3) is 0.348. The number of benzene rings is 2. The maximum Gasteiger partial charge on any atom is 0.243 e. The first-order chi connectivity index (χ1) is 13.8. The molecule has 0 bridgehead atoms. The smallest absolute Gasteiger partial charge is 0.243 e. The molecule has 1 unspecified atom stereocenters. The lowest BCUT2D eigenvalue weighted by Crippen LogP contribution is -2.39. The SMILES string of the molecule is Cc1ccc(NC(=O)CN(C)C(=O)C2CC(=O)N(c3cccc(C)c3C)C2)cc1. The van der Waals surface area contributed by atoms with Crippen molar-refractivity contribution in [1.29, 1.82) is 0 Å². The third-order valence-corrected chi connectivity index (χ3v) is 5.43. The fourth-order valence-electron chi connectivity index (χ4n) is 3.58. The van der Waals surface area contributed by atoms with Crippen molar-refractivity contribution in [3.63, 3.8) is 0 Å². The molecule has 6 nitrogen and oxygen atoms in total. The minimum Gasteiger partial charge on any atom is -0.336 e. The second-order valence-electron chi connectivity index (χ2n) is 7.73. The summed E-state index contributed by atoms with van der Waals surface area (Å²) in [6.45, 7) is 6.24. The zero-order valence-corrected chi connectivity index (χ0v) is 17.4. The van der Waals surface area contributed by atoms with Crippen LogP contribution in [0, 0.1) is 26.7 Å². The first kappa shape index (κ1) is 20.6. The number of nitrogens with zero attached hydrogens (tertiary/aromatic N) is 2. The molecule has 0 spiro atoms. The van der Waals surface area contributed by atoms with E-state index in [1.807, 2.05) is 63.2 Å². The van der Waals surface area contributed by atoms with Crippen LogP contribution < -0.4 is 10.2 Å². The topological polar surface area (TPSA) is 69.7 Å². The minimum absolute atomic E-state index is 0.0547. The molecule has 1 aliphatic heterocycles. The van der Waals surface area contributed by atoms with Crippen molar-refractivity contribution in [3.05, 3.63) is 59.2 Å². The molecule has 1 atom stereocenters. The lowest BCUT2D eigenvalue weighted by Gasteiger charge is -2.22. The second-order valence-corrected chi connectivity index (χ2v) is 7.73. The summed E-state index contributed by atoms with van der Waals surface area (Å²) >= 11 is 0. The summed E-state index contributed by atoms with van der Waals surface area (Å²) in [4.78, 5) is 40.7. The van der Waals surface area contributed by atoms with E-state index >= 15 is 0 Å². The molecule has 0 aliphatic carbocycles.